The third kappa shape index (κ3) is 5.39. The number of sulfonamides is 1. The summed E-state index contributed by atoms with van der Waals surface area (Å²) in [6.45, 7) is 5.77. The fourth-order valence-electron chi connectivity index (χ4n) is 1.81. The first kappa shape index (κ1) is 18.1. The number of esters is 1. The van der Waals surface area contributed by atoms with E-state index in [1.807, 2.05) is 20.8 Å². The summed E-state index contributed by atoms with van der Waals surface area (Å²) in [6, 6.07) is 1.34. The van der Waals surface area contributed by atoms with Crippen molar-refractivity contribution in [1.29, 1.82) is 0 Å². The molecule has 1 aromatic heterocycles. The van der Waals surface area contributed by atoms with Crippen LogP contribution in [0, 0.1) is 5.41 Å². The Bertz CT molecular complexity index is 586. The molecule has 0 radical (unpaired) electrons. The highest BCUT2D eigenvalue weighted by Crippen LogP contribution is 2.23. The van der Waals surface area contributed by atoms with Gasteiger partial charge in [-0.05, 0) is 23.3 Å². The van der Waals surface area contributed by atoms with Gasteiger partial charge < -0.3 is 9.84 Å². The minimum atomic E-state index is -3.85. The highest BCUT2D eigenvalue weighted by Gasteiger charge is 2.26. The fourth-order valence-corrected chi connectivity index (χ4v) is 4.22. The molecule has 8 heteroatoms. The van der Waals surface area contributed by atoms with Crippen molar-refractivity contribution < 1.29 is 23.1 Å². The van der Waals surface area contributed by atoms with Crippen LogP contribution in [0.1, 0.15) is 36.9 Å². The number of ether oxygens (including phenoxy) is 1. The Morgan fingerprint density at radius 1 is 1.48 bits per heavy atom. The van der Waals surface area contributed by atoms with Gasteiger partial charge in [0.15, 0.2) is 0 Å². The Hall–Kier alpha value is -0.960. The van der Waals surface area contributed by atoms with Crippen molar-refractivity contribution in [2.45, 2.75) is 38.2 Å². The maximum absolute atomic E-state index is 12.2. The lowest BCUT2D eigenvalue weighted by atomic mass is 9.89. The van der Waals surface area contributed by atoms with Crippen molar-refractivity contribution in [3.8, 4) is 0 Å². The summed E-state index contributed by atoms with van der Waals surface area (Å²) in [7, 11) is -2.66. The summed E-state index contributed by atoms with van der Waals surface area (Å²) >= 11 is 0.997. The number of carbonyl (C=O) groups is 1. The number of methoxy groups -OCH3 is 1. The van der Waals surface area contributed by atoms with Crippen molar-refractivity contribution in [2.24, 2.45) is 5.41 Å². The smallest absolute Gasteiger partial charge is 0.349 e. The van der Waals surface area contributed by atoms with Crippen molar-refractivity contribution in [3.05, 3.63) is 16.3 Å². The molecule has 1 heterocycles. The molecule has 0 aliphatic rings. The number of hydrogen-bond acceptors (Lipinski definition) is 6. The molecule has 0 bridgehead atoms. The number of aliphatic hydroxyl groups excluding tert-OH is 1. The van der Waals surface area contributed by atoms with Gasteiger partial charge in [-0.2, -0.15) is 0 Å². The third-order valence-corrected chi connectivity index (χ3v) is 5.14. The molecule has 1 atom stereocenters. The molecule has 0 amide bonds. The molecular weight excluding hydrogens is 314 g/mol. The number of carbonyl (C=O) groups excluding carboxylic acids is 1. The van der Waals surface area contributed by atoms with Crippen molar-refractivity contribution in [1.82, 2.24) is 4.72 Å². The lowest BCUT2D eigenvalue weighted by molar-refractivity contribution is 0.0602. The second-order valence-electron chi connectivity index (χ2n) is 5.88. The molecule has 1 unspecified atom stereocenters. The minimum absolute atomic E-state index is 0.0234. The van der Waals surface area contributed by atoms with Gasteiger partial charge in [-0.3, -0.25) is 0 Å². The number of rotatable bonds is 6. The van der Waals surface area contributed by atoms with Gasteiger partial charge in [0.25, 0.3) is 0 Å². The quantitative estimate of drug-likeness (QED) is 0.771. The zero-order chi connectivity index (χ0) is 16.3. The second kappa shape index (κ2) is 6.87. The lowest BCUT2D eigenvalue weighted by Crippen LogP contribution is -2.34. The predicted molar refractivity (Wildman–Crippen MR) is 80.9 cm³/mol. The normalized spacial score (nSPS) is 14.0. The van der Waals surface area contributed by atoms with E-state index in [4.69, 9.17) is 0 Å². The Morgan fingerprint density at radius 3 is 2.62 bits per heavy atom. The Morgan fingerprint density at radius 2 is 2.10 bits per heavy atom. The molecule has 0 saturated heterocycles. The van der Waals surface area contributed by atoms with E-state index in [0.29, 0.717) is 6.42 Å². The molecule has 0 saturated carbocycles. The fraction of sp³-hybridized carbons (Fsp3) is 0.615. The van der Waals surface area contributed by atoms with Crippen molar-refractivity contribution in [2.75, 3.05) is 13.7 Å². The average molecular weight is 335 g/mol. The molecule has 1 rings (SSSR count). The van der Waals surface area contributed by atoms with E-state index < -0.39 is 22.1 Å². The molecule has 0 spiro atoms. The van der Waals surface area contributed by atoms with Crippen LogP contribution in [-0.4, -0.2) is 39.3 Å². The van der Waals surface area contributed by atoms with E-state index in [9.17, 15) is 18.3 Å². The Balaban J connectivity index is 2.79. The molecule has 6 nitrogen and oxygen atoms in total. The first-order chi connectivity index (χ1) is 9.57. The second-order valence-corrected chi connectivity index (χ2v) is 8.53. The van der Waals surface area contributed by atoms with Crippen LogP contribution < -0.4 is 4.72 Å². The molecule has 21 heavy (non-hydrogen) atoms. The maximum atomic E-state index is 12.2. The summed E-state index contributed by atoms with van der Waals surface area (Å²) < 4.78 is 31.2. The van der Waals surface area contributed by atoms with Crippen LogP contribution in [0.5, 0.6) is 0 Å². The van der Waals surface area contributed by atoms with Gasteiger partial charge in [0.2, 0.25) is 10.0 Å². The molecule has 0 fully saturated rings. The van der Waals surface area contributed by atoms with E-state index in [1.165, 1.54) is 18.6 Å². The van der Waals surface area contributed by atoms with E-state index in [2.05, 4.69) is 9.46 Å². The highest BCUT2D eigenvalue weighted by atomic mass is 32.2. The van der Waals surface area contributed by atoms with E-state index in [-0.39, 0.29) is 21.7 Å². The van der Waals surface area contributed by atoms with Crippen LogP contribution in [0.25, 0.3) is 0 Å². The van der Waals surface area contributed by atoms with Gasteiger partial charge in [-0.1, -0.05) is 20.8 Å². The van der Waals surface area contributed by atoms with Gasteiger partial charge in [-0.15, -0.1) is 11.3 Å². The van der Waals surface area contributed by atoms with Crippen molar-refractivity contribution >= 4 is 27.3 Å². The molecule has 0 aliphatic carbocycles. The summed E-state index contributed by atoms with van der Waals surface area (Å²) in [5, 5.41) is 11.4. The van der Waals surface area contributed by atoms with Crippen LogP contribution in [0.2, 0.25) is 0 Å². The zero-order valence-corrected chi connectivity index (χ0v) is 14.2. The first-order valence-electron chi connectivity index (χ1n) is 6.40. The zero-order valence-electron chi connectivity index (χ0n) is 12.5. The number of hydrogen-bond donors (Lipinski definition) is 2. The van der Waals surface area contributed by atoms with Crippen LogP contribution in [0.4, 0.5) is 0 Å². The molecule has 120 valence electrons. The SMILES string of the molecule is COC(=O)c1sccc1S(=O)(=O)NCC(O)CC(C)(C)C. The summed E-state index contributed by atoms with van der Waals surface area (Å²) in [5.74, 6) is -0.694. The number of nitrogens with one attached hydrogen (secondary N) is 1. The Labute approximate surface area is 129 Å². The standard InChI is InChI=1S/C13H21NO5S2/c1-13(2,3)7-9(15)8-14-21(17,18)10-5-6-20-11(10)12(16)19-4/h5-6,9,14-15H,7-8H2,1-4H3. The van der Waals surface area contributed by atoms with Crippen LogP contribution in [-0.2, 0) is 14.8 Å². The van der Waals surface area contributed by atoms with Gasteiger partial charge in [0, 0.05) is 6.54 Å². The molecule has 2 N–H and O–H groups in total. The predicted octanol–water partition coefficient (Wildman–Crippen LogP) is 1.61. The van der Waals surface area contributed by atoms with Crippen molar-refractivity contribution in [3.63, 3.8) is 0 Å². The average Bonchev–Trinajstić information content (AvgIpc) is 2.83. The van der Waals surface area contributed by atoms with Gasteiger partial charge in [-0.25, -0.2) is 17.9 Å². The summed E-state index contributed by atoms with van der Waals surface area (Å²) in [4.78, 5) is 11.4. The minimum Gasteiger partial charge on any atom is -0.465 e. The monoisotopic (exact) mass is 335 g/mol. The van der Waals surface area contributed by atoms with E-state index in [0.717, 1.165) is 11.3 Å². The van der Waals surface area contributed by atoms with Crippen LogP contribution >= 0.6 is 11.3 Å². The molecule has 1 aromatic rings. The molecular formula is C13H21NO5S2. The van der Waals surface area contributed by atoms with E-state index in [1.54, 1.807) is 0 Å². The van der Waals surface area contributed by atoms with E-state index >= 15 is 0 Å². The lowest BCUT2D eigenvalue weighted by Gasteiger charge is -2.22. The van der Waals surface area contributed by atoms with Crippen LogP contribution in [0.3, 0.4) is 0 Å². The van der Waals surface area contributed by atoms with Gasteiger partial charge >= 0.3 is 5.97 Å². The van der Waals surface area contributed by atoms with Gasteiger partial charge in [0.05, 0.1) is 13.2 Å². The third-order valence-electron chi connectivity index (χ3n) is 2.65. The molecule has 0 aliphatic heterocycles. The first-order valence-corrected chi connectivity index (χ1v) is 8.76. The Kier molecular flexibility index (Phi) is 5.92. The summed E-state index contributed by atoms with van der Waals surface area (Å²) in [5.41, 5.74) is -0.107. The molecule has 0 aromatic carbocycles. The summed E-state index contributed by atoms with van der Waals surface area (Å²) in [6.07, 6.45) is -0.330. The highest BCUT2D eigenvalue weighted by molar-refractivity contribution is 7.89. The topological polar surface area (TPSA) is 92.7 Å². The van der Waals surface area contributed by atoms with Gasteiger partial charge in [0.1, 0.15) is 9.77 Å². The number of thiophene rings is 1. The van der Waals surface area contributed by atoms with Crippen LogP contribution in [0.15, 0.2) is 16.3 Å². The number of aliphatic hydroxyl groups is 1. The largest absolute Gasteiger partial charge is 0.465 e. The maximum Gasteiger partial charge on any atom is 0.349 e.